The number of ether oxygens (including phenoxy) is 1. The molecule has 2 aromatic rings. The molecule has 0 atom stereocenters. The average Bonchev–Trinajstić information content (AvgIpc) is 3.39. The van der Waals surface area contributed by atoms with Crippen LogP contribution in [0, 0.1) is 5.82 Å². The minimum absolute atomic E-state index is 0.00559. The van der Waals surface area contributed by atoms with Crippen LogP contribution in [0.25, 0.3) is 0 Å². The highest BCUT2D eigenvalue weighted by Crippen LogP contribution is 2.47. The molecule has 1 aliphatic rings. The van der Waals surface area contributed by atoms with Crippen LogP contribution in [0.1, 0.15) is 44.7 Å². The van der Waals surface area contributed by atoms with Crippen LogP contribution in [0.5, 0.6) is 5.75 Å². The van der Waals surface area contributed by atoms with Crippen molar-refractivity contribution in [3.8, 4) is 5.75 Å². The Hall–Kier alpha value is -2.36. The predicted molar refractivity (Wildman–Crippen MR) is 101 cm³/mol. The maximum Gasteiger partial charge on any atom is 0.257 e. The van der Waals surface area contributed by atoms with Crippen LogP contribution >= 0.6 is 0 Å². The van der Waals surface area contributed by atoms with Crippen molar-refractivity contribution in [1.82, 2.24) is 5.32 Å². The van der Waals surface area contributed by atoms with E-state index in [9.17, 15) is 9.18 Å². The summed E-state index contributed by atoms with van der Waals surface area (Å²) in [5, 5.41) is 2.95. The Balaban J connectivity index is 1.48. The van der Waals surface area contributed by atoms with Crippen molar-refractivity contribution >= 4 is 5.91 Å². The van der Waals surface area contributed by atoms with E-state index in [1.165, 1.54) is 17.7 Å². The first kappa shape index (κ1) is 18.4. The Kier molecular flexibility index (Phi) is 5.03. The summed E-state index contributed by atoms with van der Waals surface area (Å²) in [7, 11) is 0. The third kappa shape index (κ3) is 4.43. The summed E-state index contributed by atoms with van der Waals surface area (Å²) in [4.78, 5) is 12.1. The molecule has 0 bridgehead atoms. The van der Waals surface area contributed by atoms with Gasteiger partial charge in [-0.05, 0) is 53.6 Å². The lowest BCUT2D eigenvalue weighted by Gasteiger charge is -2.19. The van der Waals surface area contributed by atoms with Gasteiger partial charge in [-0.15, -0.1) is 0 Å². The summed E-state index contributed by atoms with van der Waals surface area (Å²) >= 11 is 0. The predicted octanol–water partition coefficient (Wildman–Crippen LogP) is 4.35. The standard InChI is InChI=1S/C22H26FNO2/c1-21(2,3)16-6-10-19(11-7-16)26-14-20(25)24-15-22(12-13-22)17-4-8-18(23)9-5-17/h4-11H,12-15H2,1-3H3,(H,24,25). The molecule has 1 amide bonds. The second kappa shape index (κ2) is 7.10. The molecule has 1 saturated carbocycles. The third-order valence-corrected chi connectivity index (χ3v) is 5.02. The number of rotatable bonds is 6. The summed E-state index contributed by atoms with van der Waals surface area (Å²) in [5.74, 6) is 0.311. The Morgan fingerprint density at radius 3 is 2.23 bits per heavy atom. The zero-order chi connectivity index (χ0) is 18.8. The highest BCUT2D eigenvalue weighted by Gasteiger charge is 2.44. The van der Waals surface area contributed by atoms with Crippen LogP contribution in [0.15, 0.2) is 48.5 Å². The maximum atomic E-state index is 13.1. The molecular weight excluding hydrogens is 329 g/mol. The number of hydrogen-bond donors (Lipinski definition) is 1. The fourth-order valence-corrected chi connectivity index (χ4v) is 3.04. The molecule has 138 valence electrons. The normalized spacial score (nSPS) is 15.4. The first-order chi connectivity index (χ1) is 12.3. The largest absolute Gasteiger partial charge is 0.484 e. The summed E-state index contributed by atoms with van der Waals surface area (Å²) in [6.45, 7) is 7.03. The minimum Gasteiger partial charge on any atom is -0.484 e. The van der Waals surface area contributed by atoms with E-state index in [4.69, 9.17) is 4.74 Å². The summed E-state index contributed by atoms with van der Waals surface area (Å²) < 4.78 is 18.7. The van der Waals surface area contributed by atoms with Crippen molar-refractivity contribution in [3.63, 3.8) is 0 Å². The molecule has 1 fully saturated rings. The molecule has 3 nitrogen and oxygen atoms in total. The lowest BCUT2D eigenvalue weighted by atomic mass is 9.87. The van der Waals surface area contributed by atoms with Gasteiger partial charge in [0, 0.05) is 12.0 Å². The Morgan fingerprint density at radius 2 is 1.69 bits per heavy atom. The smallest absolute Gasteiger partial charge is 0.257 e. The first-order valence-corrected chi connectivity index (χ1v) is 9.05. The van der Waals surface area contributed by atoms with E-state index >= 15 is 0 Å². The molecule has 0 aromatic heterocycles. The molecule has 1 N–H and O–H groups in total. The van der Waals surface area contributed by atoms with E-state index in [1.807, 2.05) is 36.4 Å². The highest BCUT2D eigenvalue weighted by atomic mass is 19.1. The van der Waals surface area contributed by atoms with E-state index in [0.29, 0.717) is 12.3 Å². The van der Waals surface area contributed by atoms with E-state index in [-0.39, 0.29) is 29.2 Å². The number of nitrogens with one attached hydrogen (secondary N) is 1. The number of amides is 1. The zero-order valence-electron chi connectivity index (χ0n) is 15.6. The Labute approximate surface area is 154 Å². The molecule has 0 unspecified atom stereocenters. The van der Waals surface area contributed by atoms with Gasteiger partial charge < -0.3 is 10.1 Å². The van der Waals surface area contributed by atoms with Gasteiger partial charge >= 0.3 is 0 Å². The van der Waals surface area contributed by atoms with Crippen LogP contribution in [0.2, 0.25) is 0 Å². The molecule has 0 aliphatic heterocycles. The van der Waals surface area contributed by atoms with Crippen LogP contribution in [-0.4, -0.2) is 19.1 Å². The number of carbonyl (C=O) groups excluding carboxylic acids is 1. The van der Waals surface area contributed by atoms with Gasteiger partial charge in [-0.2, -0.15) is 0 Å². The summed E-state index contributed by atoms with van der Waals surface area (Å²) in [6.07, 6.45) is 2.02. The van der Waals surface area contributed by atoms with Gasteiger partial charge in [0.05, 0.1) is 0 Å². The molecule has 0 spiro atoms. The van der Waals surface area contributed by atoms with Crippen LogP contribution in [0.3, 0.4) is 0 Å². The second-order valence-corrected chi connectivity index (χ2v) is 8.13. The fourth-order valence-electron chi connectivity index (χ4n) is 3.04. The van der Waals surface area contributed by atoms with Crippen molar-refractivity contribution in [2.75, 3.05) is 13.2 Å². The first-order valence-electron chi connectivity index (χ1n) is 9.05. The van der Waals surface area contributed by atoms with Gasteiger partial charge in [-0.3, -0.25) is 4.79 Å². The second-order valence-electron chi connectivity index (χ2n) is 8.13. The topological polar surface area (TPSA) is 38.3 Å². The number of hydrogen-bond acceptors (Lipinski definition) is 2. The van der Waals surface area contributed by atoms with Crippen molar-refractivity contribution in [2.45, 2.75) is 44.4 Å². The van der Waals surface area contributed by atoms with Gasteiger partial charge in [0.25, 0.3) is 5.91 Å². The van der Waals surface area contributed by atoms with Crippen LogP contribution in [-0.2, 0) is 15.6 Å². The van der Waals surface area contributed by atoms with Crippen LogP contribution < -0.4 is 10.1 Å². The summed E-state index contributed by atoms with van der Waals surface area (Å²) in [6, 6.07) is 14.4. The highest BCUT2D eigenvalue weighted by molar-refractivity contribution is 5.77. The number of carbonyl (C=O) groups is 1. The number of benzene rings is 2. The lowest BCUT2D eigenvalue weighted by molar-refractivity contribution is -0.123. The lowest BCUT2D eigenvalue weighted by Crippen LogP contribution is -2.35. The van der Waals surface area contributed by atoms with Crippen LogP contribution in [0.4, 0.5) is 4.39 Å². The van der Waals surface area contributed by atoms with Crippen molar-refractivity contribution in [1.29, 1.82) is 0 Å². The molecule has 0 radical (unpaired) electrons. The van der Waals surface area contributed by atoms with E-state index in [2.05, 4.69) is 26.1 Å². The van der Waals surface area contributed by atoms with Crippen molar-refractivity contribution in [3.05, 3.63) is 65.5 Å². The molecule has 3 rings (SSSR count). The van der Waals surface area contributed by atoms with Gasteiger partial charge in [-0.1, -0.05) is 45.0 Å². The van der Waals surface area contributed by atoms with E-state index in [0.717, 1.165) is 18.4 Å². The summed E-state index contributed by atoms with van der Waals surface area (Å²) in [5.41, 5.74) is 2.36. The van der Waals surface area contributed by atoms with Crippen molar-refractivity contribution in [2.24, 2.45) is 0 Å². The van der Waals surface area contributed by atoms with Gasteiger partial charge in [0.1, 0.15) is 11.6 Å². The maximum absolute atomic E-state index is 13.1. The SMILES string of the molecule is CC(C)(C)c1ccc(OCC(=O)NCC2(c3ccc(F)cc3)CC2)cc1. The molecule has 2 aromatic carbocycles. The molecule has 0 heterocycles. The average molecular weight is 355 g/mol. The molecular formula is C22H26FNO2. The monoisotopic (exact) mass is 355 g/mol. The molecule has 4 heteroatoms. The number of halogens is 1. The third-order valence-electron chi connectivity index (χ3n) is 5.02. The molecule has 26 heavy (non-hydrogen) atoms. The molecule has 1 aliphatic carbocycles. The van der Waals surface area contributed by atoms with Gasteiger partial charge in [-0.25, -0.2) is 4.39 Å². The zero-order valence-corrected chi connectivity index (χ0v) is 15.6. The molecule has 0 saturated heterocycles. The van der Waals surface area contributed by atoms with E-state index < -0.39 is 0 Å². The van der Waals surface area contributed by atoms with E-state index in [1.54, 1.807) is 0 Å². The van der Waals surface area contributed by atoms with Gasteiger partial charge in [0.2, 0.25) is 0 Å². The quantitative estimate of drug-likeness (QED) is 0.837. The fraction of sp³-hybridized carbons (Fsp3) is 0.409. The van der Waals surface area contributed by atoms with Crippen molar-refractivity contribution < 1.29 is 13.9 Å². The minimum atomic E-state index is -0.237. The Bertz CT molecular complexity index is 756. The Morgan fingerprint density at radius 1 is 1.08 bits per heavy atom. The van der Waals surface area contributed by atoms with Gasteiger partial charge in [0.15, 0.2) is 6.61 Å².